The fraction of sp³-hybridized carbons (Fsp3) is 0.600. The summed E-state index contributed by atoms with van der Waals surface area (Å²) in [6.07, 6.45) is 2.11. The highest BCUT2D eigenvalue weighted by molar-refractivity contribution is 5.90. The molecular weight excluding hydrogens is 312 g/mol. The first kappa shape index (κ1) is 16.6. The maximum absolute atomic E-state index is 11.9. The number of hydrogen-bond acceptors (Lipinski definition) is 8. The number of rotatable bonds is 6. The zero-order valence-electron chi connectivity index (χ0n) is 13.9. The molecule has 0 bridgehead atoms. The van der Waals surface area contributed by atoms with E-state index in [2.05, 4.69) is 30.8 Å². The average Bonchev–Trinajstić information content (AvgIpc) is 3.14. The molecule has 3 heterocycles. The Hall–Kier alpha value is -2.26. The van der Waals surface area contributed by atoms with Gasteiger partial charge in [-0.2, -0.15) is 4.98 Å². The Kier molecular flexibility index (Phi) is 5.21. The van der Waals surface area contributed by atoms with Crippen LogP contribution in [0.3, 0.4) is 0 Å². The zero-order chi connectivity index (χ0) is 16.9. The third-order valence-corrected chi connectivity index (χ3v) is 3.88. The number of likely N-dealkylation sites (tertiary alicyclic amines) is 1. The Balaban J connectivity index is 1.42. The van der Waals surface area contributed by atoms with Gasteiger partial charge in [0.25, 0.3) is 0 Å². The van der Waals surface area contributed by atoms with Crippen molar-refractivity contribution in [2.24, 2.45) is 0 Å². The van der Waals surface area contributed by atoms with Crippen molar-refractivity contribution in [1.82, 2.24) is 25.5 Å². The normalized spacial score (nSPS) is 18.7. The molecule has 0 radical (unpaired) electrons. The third-order valence-electron chi connectivity index (χ3n) is 3.88. The van der Waals surface area contributed by atoms with Crippen LogP contribution in [0.5, 0.6) is 0 Å². The summed E-state index contributed by atoms with van der Waals surface area (Å²) in [6.45, 7) is 6.33. The first-order valence-corrected chi connectivity index (χ1v) is 8.06. The molecule has 2 aromatic heterocycles. The number of nitrogens with zero attached hydrogens (tertiary/aromatic N) is 4. The Labute approximate surface area is 139 Å². The lowest BCUT2D eigenvalue weighted by molar-refractivity contribution is -0.115. The van der Waals surface area contributed by atoms with E-state index in [4.69, 9.17) is 9.05 Å². The molecule has 1 aliphatic rings. The number of hydrogen-bond donors (Lipinski definition) is 2. The standard InChI is InChI=1S/C15H22N6O3/c1-10-6-15(24-19-10)18-14(22)7-16-12-4-3-5-21(8-12)9-13-17-11(2)23-20-13/h6,12,16H,3-5,7-9H2,1-2H3,(H,18,22). The highest BCUT2D eigenvalue weighted by atomic mass is 16.5. The van der Waals surface area contributed by atoms with Crippen LogP contribution in [-0.2, 0) is 11.3 Å². The summed E-state index contributed by atoms with van der Waals surface area (Å²) in [5, 5.41) is 13.6. The van der Waals surface area contributed by atoms with Crippen LogP contribution in [-0.4, -0.2) is 51.8 Å². The summed E-state index contributed by atoms with van der Waals surface area (Å²) in [5.74, 6) is 1.51. The predicted octanol–water partition coefficient (Wildman–Crippen LogP) is 0.867. The van der Waals surface area contributed by atoms with Crippen molar-refractivity contribution >= 4 is 11.8 Å². The molecule has 2 aromatic rings. The molecule has 1 aliphatic heterocycles. The Morgan fingerprint density at radius 2 is 2.25 bits per heavy atom. The van der Waals surface area contributed by atoms with Crippen molar-refractivity contribution in [1.29, 1.82) is 0 Å². The molecule has 9 heteroatoms. The van der Waals surface area contributed by atoms with E-state index >= 15 is 0 Å². The molecule has 0 aromatic carbocycles. The van der Waals surface area contributed by atoms with Crippen LogP contribution in [0.2, 0.25) is 0 Å². The van der Waals surface area contributed by atoms with Gasteiger partial charge in [0.1, 0.15) is 0 Å². The molecule has 1 unspecified atom stereocenters. The van der Waals surface area contributed by atoms with Gasteiger partial charge < -0.3 is 14.4 Å². The molecule has 0 spiro atoms. The number of aromatic nitrogens is 3. The second kappa shape index (κ2) is 7.54. The third kappa shape index (κ3) is 4.62. The van der Waals surface area contributed by atoms with Crippen molar-refractivity contribution in [3.63, 3.8) is 0 Å². The minimum absolute atomic E-state index is 0.142. The quantitative estimate of drug-likeness (QED) is 0.801. The first-order valence-electron chi connectivity index (χ1n) is 8.06. The van der Waals surface area contributed by atoms with Crippen molar-refractivity contribution in [3.05, 3.63) is 23.5 Å². The minimum atomic E-state index is -0.142. The number of nitrogens with one attached hydrogen (secondary N) is 2. The molecule has 3 rings (SSSR count). The van der Waals surface area contributed by atoms with E-state index < -0.39 is 0 Å². The lowest BCUT2D eigenvalue weighted by Gasteiger charge is -2.32. The molecule has 2 N–H and O–H groups in total. The van der Waals surface area contributed by atoms with Gasteiger partial charge in [-0.15, -0.1) is 0 Å². The summed E-state index contributed by atoms with van der Waals surface area (Å²) >= 11 is 0. The molecule has 24 heavy (non-hydrogen) atoms. The number of anilines is 1. The Bertz CT molecular complexity index is 682. The zero-order valence-corrected chi connectivity index (χ0v) is 13.9. The van der Waals surface area contributed by atoms with Crippen molar-refractivity contribution in [2.45, 2.75) is 39.3 Å². The number of carbonyl (C=O) groups excluding carboxylic acids is 1. The summed E-state index contributed by atoms with van der Waals surface area (Å²) in [4.78, 5) is 18.4. The maximum Gasteiger partial charge on any atom is 0.240 e. The fourth-order valence-corrected chi connectivity index (χ4v) is 2.81. The number of carbonyl (C=O) groups is 1. The number of amides is 1. The van der Waals surface area contributed by atoms with Gasteiger partial charge in [0.2, 0.25) is 17.7 Å². The molecular formula is C15H22N6O3. The summed E-state index contributed by atoms with van der Waals surface area (Å²) in [7, 11) is 0. The van der Waals surface area contributed by atoms with Gasteiger partial charge >= 0.3 is 0 Å². The molecule has 1 atom stereocenters. The van der Waals surface area contributed by atoms with Crippen molar-refractivity contribution in [2.75, 3.05) is 25.0 Å². The lowest BCUT2D eigenvalue weighted by Crippen LogP contribution is -2.47. The molecule has 0 saturated carbocycles. The number of piperidine rings is 1. The number of aryl methyl sites for hydroxylation is 2. The van der Waals surface area contributed by atoms with Crippen LogP contribution >= 0.6 is 0 Å². The topological polar surface area (TPSA) is 109 Å². The molecule has 130 valence electrons. The Morgan fingerprint density at radius 3 is 2.96 bits per heavy atom. The largest absolute Gasteiger partial charge is 0.340 e. The van der Waals surface area contributed by atoms with Crippen LogP contribution in [0.4, 0.5) is 5.88 Å². The van der Waals surface area contributed by atoms with Crippen LogP contribution in [0.15, 0.2) is 15.1 Å². The minimum Gasteiger partial charge on any atom is -0.340 e. The SMILES string of the molecule is Cc1cc(NC(=O)CNC2CCCN(Cc3noc(C)n3)C2)on1. The van der Waals surface area contributed by atoms with E-state index in [-0.39, 0.29) is 18.5 Å². The highest BCUT2D eigenvalue weighted by Gasteiger charge is 2.21. The lowest BCUT2D eigenvalue weighted by atomic mass is 10.1. The Morgan fingerprint density at radius 1 is 1.38 bits per heavy atom. The van der Waals surface area contributed by atoms with Gasteiger partial charge in [-0.25, -0.2) is 0 Å². The smallest absolute Gasteiger partial charge is 0.240 e. The van der Waals surface area contributed by atoms with Crippen LogP contribution < -0.4 is 10.6 Å². The van der Waals surface area contributed by atoms with E-state index in [0.717, 1.165) is 31.6 Å². The first-order chi connectivity index (χ1) is 11.6. The van der Waals surface area contributed by atoms with E-state index in [9.17, 15) is 4.79 Å². The molecule has 1 saturated heterocycles. The fourth-order valence-electron chi connectivity index (χ4n) is 2.81. The van der Waals surface area contributed by atoms with Crippen LogP contribution in [0, 0.1) is 13.8 Å². The van der Waals surface area contributed by atoms with E-state index in [0.29, 0.717) is 24.1 Å². The predicted molar refractivity (Wildman–Crippen MR) is 85.2 cm³/mol. The van der Waals surface area contributed by atoms with E-state index in [1.807, 2.05) is 0 Å². The second-order valence-electron chi connectivity index (χ2n) is 6.07. The van der Waals surface area contributed by atoms with E-state index in [1.165, 1.54) is 0 Å². The van der Waals surface area contributed by atoms with Gasteiger partial charge in [0, 0.05) is 25.6 Å². The van der Waals surface area contributed by atoms with E-state index in [1.54, 1.807) is 19.9 Å². The van der Waals surface area contributed by atoms with Gasteiger partial charge in [-0.3, -0.25) is 15.0 Å². The van der Waals surface area contributed by atoms with Gasteiger partial charge in [-0.1, -0.05) is 10.3 Å². The monoisotopic (exact) mass is 334 g/mol. The average molecular weight is 334 g/mol. The highest BCUT2D eigenvalue weighted by Crippen LogP contribution is 2.13. The molecule has 1 fully saturated rings. The molecule has 9 nitrogen and oxygen atoms in total. The summed E-state index contributed by atoms with van der Waals surface area (Å²) in [5.41, 5.74) is 0.734. The summed E-state index contributed by atoms with van der Waals surface area (Å²) in [6, 6.07) is 1.95. The van der Waals surface area contributed by atoms with Gasteiger partial charge in [-0.05, 0) is 26.3 Å². The van der Waals surface area contributed by atoms with Crippen molar-refractivity contribution < 1.29 is 13.8 Å². The summed E-state index contributed by atoms with van der Waals surface area (Å²) < 4.78 is 9.97. The second-order valence-corrected chi connectivity index (χ2v) is 6.07. The molecule has 1 amide bonds. The maximum atomic E-state index is 11.9. The molecule has 0 aliphatic carbocycles. The van der Waals surface area contributed by atoms with Crippen LogP contribution in [0.25, 0.3) is 0 Å². The van der Waals surface area contributed by atoms with Gasteiger partial charge in [0.05, 0.1) is 18.8 Å². The van der Waals surface area contributed by atoms with Crippen LogP contribution in [0.1, 0.15) is 30.3 Å². The van der Waals surface area contributed by atoms with Gasteiger partial charge in [0.15, 0.2) is 5.82 Å². The van der Waals surface area contributed by atoms with Crippen molar-refractivity contribution in [3.8, 4) is 0 Å².